The highest BCUT2D eigenvalue weighted by Gasteiger charge is 2.25. The first kappa shape index (κ1) is 19.4. The Bertz CT molecular complexity index is 998. The van der Waals surface area contributed by atoms with E-state index in [2.05, 4.69) is 17.3 Å². The standard InChI is InChI=1S/C23H28N4O2/c1-2-14-26-15-19(22(28)24-17-10-6-3-4-7-11-17)21-20(16-26)23(29)27(25-21)18-12-8-5-9-13-18/h5,8-9,12-13,15-17H,2-4,6-7,10-11,14H2,1H3,(H,24,28). The fourth-order valence-corrected chi connectivity index (χ4v) is 4.14. The van der Waals surface area contributed by atoms with Crippen LogP contribution in [0.2, 0.25) is 0 Å². The van der Waals surface area contributed by atoms with Gasteiger partial charge in [0.25, 0.3) is 11.5 Å². The minimum Gasteiger partial charge on any atom is -0.353 e. The number of aromatic nitrogens is 3. The van der Waals surface area contributed by atoms with Crippen LogP contribution in [0.15, 0.2) is 47.5 Å². The van der Waals surface area contributed by atoms with Gasteiger partial charge in [0.2, 0.25) is 0 Å². The predicted octanol–water partition coefficient (Wildman–Crippen LogP) is 4.00. The molecule has 0 unspecified atom stereocenters. The normalized spacial score (nSPS) is 15.3. The number of carbonyl (C=O) groups is 1. The molecule has 0 atom stereocenters. The summed E-state index contributed by atoms with van der Waals surface area (Å²) in [6, 6.07) is 9.54. The molecule has 0 radical (unpaired) electrons. The van der Waals surface area contributed by atoms with E-state index in [0.717, 1.165) is 38.6 Å². The van der Waals surface area contributed by atoms with Crippen molar-refractivity contribution >= 4 is 5.91 Å². The Morgan fingerprint density at radius 2 is 1.83 bits per heavy atom. The van der Waals surface area contributed by atoms with Crippen LogP contribution in [0.25, 0.3) is 16.9 Å². The lowest BCUT2D eigenvalue weighted by Crippen LogP contribution is -2.35. The van der Waals surface area contributed by atoms with Crippen molar-refractivity contribution in [3.8, 4) is 16.9 Å². The molecule has 1 N–H and O–H groups in total. The Labute approximate surface area is 170 Å². The topological polar surface area (TPSA) is 68.9 Å². The second kappa shape index (κ2) is 8.64. The number of amides is 1. The molecule has 1 aromatic rings. The monoisotopic (exact) mass is 392 g/mol. The maximum Gasteiger partial charge on any atom is 0.282 e. The number of rotatable bonds is 5. The highest BCUT2D eigenvalue weighted by atomic mass is 16.2. The average molecular weight is 393 g/mol. The molecule has 2 heterocycles. The third-order valence-corrected chi connectivity index (χ3v) is 5.64. The molecule has 1 saturated carbocycles. The van der Waals surface area contributed by atoms with Crippen LogP contribution in [0.1, 0.15) is 62.2 Å². The maximum atomic E-state index is 13.2. The van der Waals surface area contributed by atoms with E-state index >= 15 is 0 Å². The number of hydrogen-bond donors (Lipinski definition) is 1. The van der Waals surface area contributed by atoms with Crippen molar-refractivity contribution < 1.29 is 4.79 Å². The first-order chi connectivity index (χ1) is 14.2. The van der Waals surface area contributed by atoms with Crippen molar-refractivity contribution in [3.05, 3.63) is 58.6 Å². The Morgan fingerprint density at radius 3 is 2.52 bits per heavy atom. The third kappa shape index (κ3) is 4.11. The molecule has 152 valence electrons. The molecule has 3 aliphatic rings. The van der Waals surface area contributed by atoms with E-state index < -0.39 is 0 Å². The van der Waals surface area contributed by atoms with Crippen LogP contribution >= 0.6 is 0 Å². The molecule has 1 aliphatic carbocycles. The lowest BCUT2D eigenvalue weighted by atomic mass is 10.1. The smallest absolute Gasteiger partial charge is 0.282 e. The summed E-state index contributed by atoms with van der Waals surface area (Å²) in [7, 11) is 0. The molecule has 1 fully saturated rings. The van der Waals surface area contributed by atoms with Crippen LogP contribution in [0, 0.1) is 0 Å². The van der Waals surface area contributed by atoms with Gasteiger partial charge in [-0.2, -0.15) is 9.78 Å². The van der Waals surface area contributed by atoms with Gasteiger partial charge in [-0.25, -0.2) is 0 Å². The predicted molar refractivity (Wildman–Crippen MR) is 114 cm³/mol. The second-order valence-electron chi connectivity index (χ2n) is 7.89. The van der Waals surface area contributed by atoms with Gasteiger partial charge in [0, 0.05) is 25.0 Å². The number of carbonyl (C=O) groups excluding carboxylic acids is 1. The molecule has 0 aromatic heterocycles. The van der Waals surface area contributed by atoms with Gasteiger partial charge in [-0.05, 0) is 31.4 Å². The van der Waals surface area contributed by atoms with E-state index in [9.17, 15) is 9.59 Å². The summed E-state index contributed by atoms with van der Waals surface area (Å²) >= 11 is 0. The van der Waals surface area contributed by atoms with E-state index in [4.69, 9.17) is 0 Å². The van der Waals surface area contributed by atoms with Crippen molar-refractivity contribution in [2.24, 2.45) is 0 Å². The summed E-state index contributed by atoms with van der Waals surface area (Å²) < 4.78 is 3.33. The SMILES string of the molecule is CCCn1cc(C(=O)NC2CCCCCC2)c2nn(-c3ccccc3)c(=O)c-2c1. The molecule has 6 heteroatoms. The summed E-state index contributed by atoms with van der Waals surface area (Å²) in [5.74, 6) is -0.134. The zero-order chi connectivity index (χ0) is 20.2. The largest absolute Gasteiger partial charge is 0.353 e. The van der Waals surface area contributed by atoms with Gasteiger partial charge in [0.15, 0.2) is 0 Å². The van der Waals surface area contributed by atoms with Gasteiger partial charge in [-0.15, -0.1) is 0 Å². The second-order valence-corrected chi connectivity index (χ2v) is 7.89. The number of nitrogens with zero attached hydrogens (tertiary/aromatic N) is 3. The number of aryl methyl sites for hydroxylation is 1. The zero-order valence-corrected chi connectivity index (χ0v) is 16.9. The molecular formula is C23H28N4O2. The van der Waals surface area contributed by atoms with E-state index in [-0.39, 0.29) is 17.5 Å². The van der Waals surface area contributed by atoms with Gasteiger partial charge in [-0.1, -0.05) is 50.8 Å². The molecule has 1 amide bonds. The highest BCUT2D eigenvalue weighted by molar-refractivity contribution is 6.00. The quantitative estimate of drug-likeness (QED) is 0.667. The number of fused-ring (bicyclic) bond motifs is 1. The lowest BCUT2D eigenvalue weighted by Gasteiger charge is -2.18. The summed E-state index contributed by atoms with van der Waals surface area (Å²) in [4.78, 5) is 26.2. The fourth-order valence-electron chi connectivity index (χ4n) is 4.14. The molecule has 0 saturated heterocycles. The summed E-state index contributed by atoms with van der Waals surface area (Å²) in [6.07, 6.45) is 11.4. The number of nitrogens with one attached hydrogen (secondary N) is 1. The van der Waals surface area contributed by atoms with E-state index in [0.29, 0.717) is 22.5 Å². The summed E-state index contributed by atoms with van der Waals surface area (Å²) in [5, 5.41) is 7.75. The van der Waals surface area contributed by atoms with E-state index in [1.54, 1.807) is 0 Å². The Morgan fingerprint density at radius 1 is 1.10 bits per heavy atom. The summed E-state index contributed by atoms with van der Waals surface area (Å²) in [5.41, 5.74) is 1.94. The van der Waals surface area contributed by atoms with Crippen LogP contribution in [0.3, 0.4) is 0 Å². The number of benzene rings is 1. The van der Waals surface area contributed by atoms with Crippen molar-refractivity contribution in [1.82, 2.24) is 19.7 Å². The Balaban J connectivity index is 1.75. The Hall–Kier alpha value is -2.89. The molecule has 1 aromatic carbocycles. The molecule has 0 bridgehead atoms. The van der Waals surface area contributed by atoms with Gasteiger partial charge >= 0.3 is 0 Å². The van der Waals surface area contributed by atoms with E-state index in [1.165, 1.54) is 17.5 Å². The van der Waals surface area contributed by atoms with E-state index in [1.807, 2.05) is 47.3 Å². The number of pyridine rings is 1. The van der Waals surface area contributed by atoms with Gasteiger partial charge in [-0.3, -0.25) is 9.59 Å². The van der Waals surface area contributed by atoms with Crippen LogP contribution in [0.5, 0.6) is 0 Å². The minimum absolute atomic E-state index is 0.134. The lowest BCUT2D eigenvalue weighted by molar-refractivity contribution is 0.0933. The van der Waals surface area contributed by atoms with Crippen LogP contribution < -0.4 is 10.9 Å². The van der Waals surface area contributed by atoms with Crippen molar-refractivity contribution in [2.75, 3.05) is 0 Å². The van der Waals surface area contributed by atoms with Gasteiger partial charge in [0.05, 0.1) is 16.8 Å². The zero-order valence-electron chi connectivity index (χ0n) is 16.9. The third-order valence-electron chi connectivity index (χ3n) is 5.64. The fraction of sp³-hybridized carbons (Fsp3) is 0.435. The molecule has 2 aliphatic heterocycles. The highest BCUT2D eigenvalue weighted by Crippen LogP contribution is 2.24. The number of hydrogen-bond acceptors (Lipinski definition) is 3. The van der Waals surface area contributed by atoms with Gasteiger partial charge < -0.3 is 9.88 Å². The van der Waals surface area contributed by atoms with Crippen molar-refractivity contribution in [1.29, 1.82) is 0 Å². The molecule has 29 heavy (non-hydrogen) atoms. The minimum atomic E-state index is -0.194. The van der Waals surface area contributed by atoms with Crippen LogP contribution in [-0.4, -0.2) is 26.3 Å². The average Bonchev–Trinajstić information content (AvgIpc) is 2.90. The first-order valence-corrected chi connectivity index (χ1v) is 10.7. The van der Waals surface area contributed by atoms with Crippen molar-refractivity contribution in [2.45, 2.75) is 64.5 Å². The molecular weight excluding hydrogens is 364 g/mol. The molecule has 0 spiro atoms. The van der Waals surface area contributed by atoms with Gasteiger partial charge in [0.1, 0.15) is 5.69 Å². The Kier molecular flexibility index (Phi) is 5.79. The molecule has 4 rings (SSSR count). The molecule has 6 nitrogen and oxygen atoms in total. The summed E-state index contributed by atoms with van der Waals surface area (Å²) in [6.45, 7) is 2.82. The first-order valence-electron chi connectivity index (χ1n) is 10.7. The van der Waals surface area contributed by atoms with Crippen LogP contribution in [-0.2, 0) is 6.54 Å². The van der Waals surface area contributed by atoms with Crippen LogP contribution in [0.4, 0.5) is 0 Å². The maximum absolute atomic E-state index is 13.2. The van der Waals surface area contributed by atoms with Crippen molar-refractivity contribution in [3.63, 3.8) is 0 Å². The number of para-hydroxylation sites is 1.